The van der Waals surface area contributed by atoms with Crippen molar-refractivity contribution in [1.29, 1.82) is 0 Å². The average molecular weight is 298 g/mol. The summed E-state index contributed by atoms with van der Waals surface area (Å²) < 4.78 is 0. The fourth-order valence-electron chi connectivity index (χ4n) is 1.46. The molecule has 0 aliphatic rings. The lowest BCUT2D eigenvalue weighted by molar-refractivity contribution is -0.124. The van der Waals surface area contributed by atoms with Crippen LogP contribution >= 0.6 is 12.6 Å². The number of hydrogen-bond acceptors (Lipinski definition) is 5. The van der Waals surface area contributed by atoms with Gasteiger partial charge in [0.15, 0.2) is 0 Å². The second-order valence-electron chi connectivity index (χ2n) is 3.96. The van der Waals surface area contributed by atoms with Crippen molar-refractivity contribution in [3.8, 4) is 5.75 Å². The van der Waals surface area contributed by atoms with Crippen LogP contribution in [0.3, 0.4) is 0 Å². The molecule has 4 N–H and O–H groups in total. The molecule has 1 rings (SSSR count). The van der Waals surface area contributed by atoms with Crippen LogP contribution in [0.25, 0.3) is 0 Å². The molecule has 108 valence electrons. The number of carbonyl (C=O) groups is 3. The summed E-state index contributed by atoms with van der Waals surface area (Å²) in [6.45, 7) is 1.27. The van der Waals surface area contributed by atoms with Gasteiger partial charge in [-0.15, -0.1) is 0 Å². The van der Waals surface area contributed by atoms with Gasteiger partial charge in [0.2, 0.25) is 11.8 Å². The van der Waals surface area contributed by atoms with Gasteiger partial charge in [-0.05, 0) is 12.1 Å². The SMILES string of the molecule is CC(=O)NC(CS)C(=O)Nc1ccc(C(=O)O)c(O)c1. The van der Waals surface area contributed by atoms with Gasteiger partial charge in [-0.3, -0.25) is 9.59 Å². The van der Waals surface area contributed by atoms with Gasteiger partial charge in [-0.1, -0.05) is 0 Å². The number of aromatic hydroxyl groups is 1. The van der Waals surface area contributed by atoms with Crippen LogP contribution in [0.15, 0.2) is 18.2 Å². The smallest absolute Gasteiger partial charge is 0.339 e. The Bertz CT molecular complexity index is 547. The molecule has 1 unspecified atom stereocenters. The van der Waals surface area contributed by atoms with Crippen molar-refractivity contribution in [1.82, 2.24) is 5.32 Å². The maximum absolute atomic E-state index is 11.8. The molecule has 1 aromatic rings. The Labute approximate surface area is 120 Å². The fourth-order valence-corrected chi connectivity index (χ4v) is 1.72. The number of carboxylic acids is 1. The Hall–Kier alpha value is -2.22. The summed E-state index contributed by atoms with van der Waals surface area (Å²) in [5.41, 5.74) is -0.0507. The van der Waals surface area contributed by atoms with Gasteiger partial charge in [0.25, 0.3) is 0 Å². The number of thiol groups is 1. The van der Waals surface area contributed by atoms with E-state index in [2.05, 4.69) is 23.3 Å². The summed E-state index contributed by atoms with van der Waals surface area (Å²) in [6, 6.07) is 2.80. The Morgan fingerprint density at radius 1 is 1.35 bits per heavy atom. The lowest BCUT2D eigenvalue weighted by atomic mass is 10.1. The van der Waals surface area contributed by atoms with Crippen molar-refractivity contribution < 1.29 is 24.6 Å². The normalized spacial score (nSPS) is 11.5. The monoisotopic (exact) mass is 298 g/mol. The van der Waals surface area contributed by atoms with Crippen LogP contribution in [0.1, 0.15) is 17.3 Å². The second kappa shape index (κ2) is 6.80. The quantitative estimate of drug-likeness (QED) is 0.507. The first kappa shape index (κ1) is 15.8. The Balaban J connectivity index is 2.82. The first-order chi connectivity index (χ1) is 9.35. The van der Waals surface area contributed by atoms with E-state index in [1.807, 2.05) is 0 Å². The number of amides is 2. The highest BCUT2D eigenvalue weighted by Gasteiger charge is 2.18. The van der Waals surface area contributed by atoms with Crippen LogP contribution in [0, 0.1) is 0 Å². The van der Waals surface area contributed by atoms with Crippen molar-refractivity contribution in [2.45, 2.75) is 13.0 Å². The van der Waals surface area contributed by atoms with E-state index in [1.54, 1.807) is 0 Å². The van der Waals surface area contributed by atoms with Crippen LogP contribution in [-0.4, -0.2) is 39.8 Å². The van der Waals surface area contributed by atoms with Gasteiger partial charge in [-0.25, -0.2) is 4.79 Å². The highest BCUT2D eigenvalue weighted by atomic mass is 32.1. The number of nitrogens with one attached hydrogen (secondary N) is 2. The molecule has 0 radical (unpaired) electrons. The second-order valence-corrected chi connectivity index (χ2v) is 4.33. The van der Waals surface area contributed by atoms with E-state index in [0.717, 1.165) is 6.07 Å². The molecule has 0 bridgehead atoms. The molecule has 1 aromatic carbocycles. The predicted molar refractivity (Wildman–Crippen MR) is 75.2 cm³/mol. The highest BCUT2D eigenvalue weighted by Crippen LogP contribution is 2.22. The van der Waals surface area contributed by atoms with Crippen molar-refractivity contribution in [3.63, 3.8) is 0 Å². The van der Waals surface area contributed by atoms with Crippen LogP contribution < -0.4 is 10.6 Å². The van der Waals surface area contributed by atoms with Crippen LogP contribution in [-0.2, 0) is 9.59 Å². The van der Waals surface area contributed by atoms with E-state index < -0.39 is 23.7 Å². The highest BCUT2D eigenvalue weighted by molar-refractivity contribution is 7.80. The zero-order valence-corrected chi connectivity index (χ0v) is 11.5. The summed E-state index contributed by atoms with van der Waals surface area (Å²) in [5.74, 6) is -2.52. The van der Waals surface area contributed by atoms with Gasteiger partial charge in [0.1, 0.15) is 17.4 Å². The van der Waals surface area contributed by atoms with Crippen molar-refractivity contribution in [3.05, 3.63) is 23.8 Å². The van der Waals surface area contributed by atoms with E-state index in [-0.39, 0.29) is 22.9 Å². The number of carbonyl (C=O) groups excluding carboxylic acids is 2. The zero-order chi connectivity index (χ0) is 15.3. The van der Waals surface area contributed by atoms with E-state index in [0.29, 0.717) is 0 Å². The number of phenols is 1. The van der Waals surface area contributed by atoms with Crippen molar-refractivity contribution in [2.24, 2.45) is 0 Å². The first-order valence-electron chi connectivity index (χ1n) is 5.60. The number of rotatable bonds is 5. The number of benzene rings is 1. The van der Waals surface area contributed by atoms with Crippen molar-refractivity contribution >= 4 is 36.1 Å². The maximum Gasteiger partial charge on any atom is 0.339 e. The Morgan fingerprint density at radius 3 is 2.45 bits per heavy atom. The summed E-state index contributed by atoms with van der Waals surface area (Å²) in [7, 11) is 0. The van der Waals surface area contributed by atoms with Gasteiger partial charge in [0, 0.05) is 24.4 Å². The molecule has 0 aliphatic heterocycles. The molecule has 0 saturated heterocycles. The molecule has 0 aliphatic carbocycles. The minimum Gasteiger partial charge on any atom is -0.507 e. The van der Waals surface area contributed by atoms with Crippen LogP contribution in [0.2, 0.25) is 0 Å². The molecule has 1 atom stereocenters. The molecule has 20 heavy (non-hydrogen) atoms. The average Bonchev–Trinajstić information content (AvgIpc) is 2.35. The number of anilines is 1. The molecule has 8 heteroatoms. The summed E-state index contributed by atoms with van der Waals surface area (Å²) in [4.78, 5) is 33.5. The number of aromatic carboxylic acids is 1. The van der Waals surface area contributed by atoms with Crippen LogP contribution in [0.5, 0.6) is 5.75 Å². The van der Waals surface area contributed by atoms with Gasteiger partial charge in [-0.2, -0.15) is 12.6 Å². The maximum atomic E-state index is 11.8. The van der Waals surface area contributed by atoms with E-state index in [9.17, 15) is 19.5 Å². The van der Waals surface area contributed by atoms with Crippen molar-refractivity contribution in [2.75, 3.05) is 11.1 Å². The standard InChI is InChI=1S/C12H14N2O5S/c1-6(15)13-9(5-20)11(17)14-7-2-3-8(12(18)19)10(16)4-7/h2-4,9,16,20H,5H2,1H3,(H,13,15)(H,14,17)(H,18,19). The van der Waals surface area contributed by atoms with Gasteiger partial charge < -0.3 is 20.8 Å². The largest absolute Gasteiger partial charge is 0.507 e. The molecule has 0 heterocycles. The summed E-state index contributed by atoms with van der Waals surface area (Å²) in [5, 5.41) is 23.1. The topological polar surface area (TPSA) is 116 Å². The van der Waals surface area contributed by atoms with Crippen LogP contribution in [0.4, 0.5) is 5.69 Å². The minimum absolute atomic E-state index is 0.102. The van der Waals surface area contributed by atoms with E-state index in [1.165, 1.54) is 19.1 Å². The molecule has 0 fully saturated rings. The first-order valence-corrected chi connectivity index (χ1v) is 6.23. The Kier molecular flexibility index (Phi) is 5.39. The van der Waals surface area contributed by atoms with Gasteiger partial charge >= 0.3 is 5.97 Å². The lowest BCUT2D eigenvalue weighted by Crippen LogP contribution is -2.44. The van der Waals surface area contributed by atoms with Gasteiger partial charge in [0.05, 0.1) is 0 Å². The molecule has 0 spiro atoms. The minimum atomic E-state index is -1.27. The third-order valence-corrected chi connectivity index (χ3v) is 2.74. The number of carboxylic acid groups (broad SMARTS) is 1. The summed E-state index contributed by atoms with van der Waals surface area (Å²) >= 11 is 3.96. The molecular weight excluding hydrogens is 284 g/mol. The third-order valence-electron chi connectivity index (χ3n) is 2.37. The fraction of sp³-hybridized carbons (Fsp3) is 0.250. The molecule has 2 amide bonds. The predicted octanol–water partition coefficient (Wildman–Crippen LogP) is 0.463. The van der Waals surface area contributed by atoms with E-state index in [4.69, 9.17) is 5.11 Å². The summed E-state index contributed by atoms with van der Waals surface area (Å²) in [6.07, 6.45) is 0. The third kappa shape index (κ3) is 4.16. The molecular formula is C12H14N2O5S. The lowest BCUT2D eigenvalue weighted by Gasteiger charge is -2.15. The number of hydrogen-bond donors (Lipinski definition) is 5. The molecule has 0 aromatic heterocycles. The Morgan fingerprint density at radius 2 is 2.00 bits per heavy atom. The van der Waals surface area contributed by atoms with E-state index >= 15 is 0 Å². The molecule has 7 nitrogen and oxygen atoms in total. The molecule has 0 saturated carbocycles. The zero-order valence-electron chi connectivity index (χ0n) is 10.6.